The van der Waals surface area contributed by atoms with Crippen LogP contribution in [0.3, 0.4) is 0 Å². The minimum Gasteiger partial charge on any atom is -0.378 e. The van der Waals surface area contributed by atoms with E-state index in [1.165, 1.54) is 5.69 Å². The van der Waals surface area contributed by atoms with E-state index in [0.29, 0.717) is 26.3 Å². The number of aryl methyl sites for hydroxylation is 1. The molecule has 1 atom stereocenters. The molecule has 3 aromatic rings. The monoisotopic (exact) mass is 403 g/mol. The normalized spacial score (nSPS) is 23.5. The van der Waals surface area contributed by atoms with Crippen LogP contribution in [-0.2, 0) is 16.7 Å². The largest absolute Gasteiger partial charge is 0.378 e. The van der Waals surface area contributed by atoms with Crippen molar-refractivity contribution in [2.75, 3.05) is 39.4 Å². The number of ether oxygens (including phenoxy) is 1. The third-order valence-corrected chi connectivity index (χ3v) is 6.92. The lowest BCUT2D eigenvalue weighted by Gasteiger charge is -2.31. The molecule has 1 unspecified atom stereocenters. The van der Waals surface area contributed by atoms with Crippen LogP contribution in [0, 0.1) is 0 Å². The zero-order valence-corrected chi connectivity index (χ0v) is 17.0. The van der Waals surface area contributed by atoms with Gasteiger partial charge in [-0.15, -0.1) is 0 Å². The minimum absolute atomic E-state index is 0.0253. The van der Waals surface area contributed by atoms with Gasteiger partial charge < -0.3 is 14.5 Å². The number of urea groups is 1. The van der Waals surface area contributed by atoms with Gasteiger partial charge in [0, 0.05) is 61.0 Å². The van der Waals surface area contributed by atoms with E-state index in [0.717, 1.165) is 54.6 Å². The number of hydrogen-bond donors (Lipinski definition) is 0. The van der Waals surface area contributed by atoms with Gasteiger partial charge in [0.2, 0.25) is 0 Å². The summed E-state index contributed by atoms with van der Waals surface area (Å²) in [6.45, 7) is 5.18. The number of amides is 2. The SMILES string of the molecule is O=C(N1CCOCC1)N1CCC2(CCn3nc(-c4cnc5ccccc5c4)cc32)C1. The van der Waals surface area contributed by atoms with Crippen LogP contribution in [0.2, 0.25) is 0 Å². The maximum Gasteiger partial charge on any atom is 0.320 e. The molecule has 154 valence electrons. The molecule has 1 spiro atoms. The van der Waals surface area contributed by atoms with Crippen LogP contribution in [0.25, 0.3) is 22.2 Å². The Balaban J connectivity index is 1.27. The number of carbonyl (C=O) groups is 1. The maximum absolute atomic E-state index is 13.0. The topological polar surface area (TPSA) is 63.5 Å². The summed E-state index contributed by atoms with van der Waals surface area (Å²) in [5, 5.41) is 6.02. The molecule has 3 aliphatic rings. The van der Waals surface area contributed by atoms with Gasteiger partial charge in [-0.3, -0.25) is 9.67 Å². The molecule has 0 saturated carbocycles. The van der Waals surface area contributed by atoms with E-state index in [4.69, 9.17) is 9.84 Å². The van der Waals surface area contributed by atoms with Crippen molar-refractivity contribution in [2.24, 2.45) is 0 Å². The lowest BCUT2D eigenvalue weighted by Crippen LogP contribution is -2.48. The van der Waals surface area contributed by atoms with Crippen LogP contribution in [0.1, 0.15) is 18.5 Å². The van der Waals surface area contributed by atoms with Gasteiger partial charge in [-0.05, 0) is 31.0 Å². The molecule has 6 rings (SSSR count). The summed E-state index contributed by atoms with van der Waals surface area (Å²) in [5.74, 6) is 0. The Bertz CT molecular complexity index is 1120. The molecule has 0 N–H and O–H groups in total. The maximum atomic E-state index is 13.0. The summed E-state index contributed by atoms with van der Waals surface area (Å²) in [7, 11) is 0. The summed E-state index contributed by atoms with van der Waals surface area (Å²) in [6, 6.07) is 12.7. The molecule has 2 fully saturated rings. The van der Waals surface area contributed by atoms with Crippen molar-refractivity contribution < 1.29 is 9.53 Å². The molecule has 0 radical (unpaired) electrons. The van der Waals surface area contributed by atoms with Gasteiger partial charge in [-0.2, -0.15) is 5.10 Å². The lowest BCUT2D eigenvalue weighted by molar-refractivity contribution is 0.0447. The Hall–Kier alpha value is -2.93. The standard InChI is InChI=1S/C23H25N5O2/c29-22(26-9-11-30-12-10-26)27-7-5-23(16-27)6-8-28-21(23)14-20(25-28)18-13-17-3-1-2-4-19(17)24-15-18/h1-4,13-15H,5-12,16H2. The van der Waals surface area contributed by atoms with Crippen molar-refractivity contribution in [1.29, 1.82) is 0 Å². The first kappa shape index (κ1) is 17.9. The van der Waals surface area contributed by atoms with E-state index in [1.807, 2.05) is 34.2 Å². The summed E-state index contributed by atoms with van der Waals surface area (Å²) in [5.41, 5.74) is 4.31. The molecular weight excluding hydrogens is 378 g/mol. The first-order valence-electron chi connectivity index (χ1n) is 10.8. The molecule has 7 heteroatoms. The van der Waals surface area contributed by atoms with Crippen molar-refractivity contribution in [1.82, 2.24) is 24.6 Å². The fourth-order valence-electron chi connectivity index (χ4n) is 5.22. The zero-order valence-electron chi connectivity index (χ0n) is 17.0. The van der Waals surface area contributed by atoms with Gasteiger partial charge in [0.25, 0.3) is 0 Å². The van der Waals surface area contributed by atoms with E-state index in [-0.39, 0.29) is 11.4 Å². The molecule has 2 amide bonds. The van der Waals surface area contributed by atoms with Gasteiger partial charge >= 0.3 is 6.03 Å². The van der Waals surface area contributed by atoms with Crippen LogP contribution in [0.4, 0.5) is 4.79 Å². The van der Waals surface area contributed by atoms with E-state index in [1.54, 1.807) is 0 Å². The third kappa shape index (κ3) is 2.80. The third-order valence-electron chi connectivity index (χ3n) is 6.92. The molecule has 7 nitrogen and oxygen atoms in total. The predicted molar refractivity (Wildman–Crippen MR) is 113 cm³/mol. The Labute approximate surface area is 175 Å². The molecule has 5 heterocycles. The van der Waals surface area contributed by atoms with Gasteiger partial charge in [-0.1, -0.05) is 18.2 Å². The van der Waals surface area contributed by atoms with Crippen LogP contribution in [0.5, 0.6) is 0 Å². The van der Waals surface area contributed by atoms with Crippen LogP contribution in [0.15, 0.2) is 42.6 Å². The number of pyridine rings is 1. The van der Waals surface area contributed by atoms with Crippen molar-refractivity contribution >= 4 is 16.9 Å². The van der Waals surface area contributed by atoms with Crippen LogP contribution < -0.4 is 0 Å². The molecule has 30 heavy (non-hydrogen) atoms. The van der Waals surface area contributed by atoms with Crippen molar-refractivity contribution in [3.05, 3.63) is 48.3 Å². The number of hydrogen-bond acceptors (Lipinski definition) is 4. The molecule has 2 saturated heterocycles. The quantitative estimate of drug-likeness (QED) is 0.627. The number of morpholine rings is 1. The first-order valence-corrected chi connectivity index (χ1v) is 10.8. The number of nitrogens with zero attached hydrogens (tertiary/aromatic N) is 5. The van der Waals surface area contributed by atoms with Crippen molar-refractivity contribution in [3.8, 4) is 11.3 Å². The molecule has 1 aromatic carbocycles. The summed E-state index contributed by atoms with van der Waals surface area (Å²) >= 11 is 0. The number of fused-ring (bicyclic) bond motifs is 3. The smallest absolute Gasteiger partial charge is 0.320 e. The second-order valence-electron chi connectivity index (χ2n) is 8.64. The van der Waals surface area contributed by atoms with Crippen molar-refractivity contribution in [3.63, 3.8) is 0 Å². The number of likely N-dealkylation sites (tertiary alicyclic amines) is 1. The summed E-state index contributed by atoms with van der Waals surface area (Å²) in [6.07, 6.45) is 3.97. The number of aromatic nitrogens is 3. The molecule has 3 aliphatic heterocycles. The van der Waals surface area contributed by atoms with Gasteiger partial charge in [0.05, 0.1) is 24.4 Å². The highest BCUT2D eigenvalue weighted by Crippen LogP contribution is 2.44. The highest BCUT2D eigenvalue weighted by Gasteiger charge is 2.47. The van der Waals surface area contributed by atoms with Crippen LogP contribution >= 0.6 is 0 Å². The summed E-state index contributed by atoms with van der Waals surface area (Å²) in [4.78, 5) is 21.5. The average Bonchev–Trinajstić information content (AvgIpc) is 3.50. The Kier molecular flexibility index (Phi) is 4.06. The number of para-hydroxylation sites is 1. The van der Waals surface area contributed by atoms with Gasteiger partial charge in [0.15, 0.2) is 0 Å². The summed E-state index contributed by atoms with van der Waals surface area (Å²) < 4.78 is 7.54. The predicted octanol–water partition coefficient (Wildman–Crippen LogP) is 2.90. The minimum atomic E-state index is 0.0253. The van der Waals surface area contributed by atoms with E-state index < -0.39 is 0 Å². The Morgan fingerprint density at radius 1 is 1.00 bits per heavy atom. The fraction of sp³-hybridized carbons (Fsp3) is 0.435. The van der Waals surface area contributed by atoms with E-state index >= 15 is 0 Å². The van der Waals surface area contributed by atoms with E-state index in [9.17, 15) is 4.79 Å². The average molecular weight is 403 g/mol. The first-order chi connectivity index (χ1) is 14.7. The second kappa shape index (κ2) is 6.80. The van der Waals surface area contributed by atoms with E-state index in [2.05, 4.69) is 27.9 Å². The van der Waals surface area contributed by atoms with Gasteiger partial charge in [0.1, 0.15) is 0 Å². The Morgan fingerprint density at radius 3 is 2.73 bits per heavy atom. The molecule has 2 aromatic heterocycles. The fourth-order valence-corrected chi connectivity index (χ4v) is 5.22. The molecule has 0 bridgehead atoms. The van der Waals surface area contributed by atoms with Gasteiger partial charge in [-0.25, -0.2) is 4.79 Å². The lowest BCUT2D eigenvalue weighted by atomic mass is 9.82. The molecule has 0 aliphatic carbocycles. The second-order valence-corrected chi connectivity index (χ2v) is 8.64. The Morgan fingerprint density at radius 2 is 1.83 bits per heavy atom. The highest BCUT2D eigenvalue weighted by atomic mass is 16.5. The zero-order chi connectivity index (χ0) is 20.1. The molecular formula is C23H25N5O2. The number of benzene rings is 1. The highest BCUT2D eigenvalue weighted by molar-refractivity contribution is 5.82. The van der Waals surface area contributed by atoms with Crippen LogP contribution in [-0.4, -0.2) is 70.0 Å². The van der Waals surface area contributed by atoms with Crippen molar-refractivity contribution in [2.45, 2.75) is 24.8 Å². The number of rotatable bonds is 1. The number of carbonyl (C=O) groups excluding carboxylic acids is 1.